The maximum Gasteiger partial charge on any atom is 0.151 e. The van der Waals surface area contributed by atoms with E-state index in [1.165, 1.54) is 11.8 Å². The number of nitrogens with zero attached hydrogens (tertiary/aromatic N) is 1. The smallest absolute Gasteiger partial charge is 0.151 e. The molecule has 1 rings (SSSR count). The van der Waals surface area contributed by atoms with Crippen LogP contribution in [0.15, 0.2) is 26.0 Å². The molecule has 2 nitrogen and oxygen atoms in total. The molecule has 0 aliphatic rings. The average molecular weight is 383 g/mol. The Bertz CT molecular complexity index is 435. The van der Waals surface area contributed by atoms with Gasteiger partial charge in [-0.1, -0.05) is 39.9 Å². The minimum absolute atomic E-state index is 0.621. The zero-order valence-electron chi connectivity index (χ0n) is 8.66. The van der Waals surface area contributed by atoms with Gasteiger partial charge >= 0.3 is 0 Å². The van der Waals surface area contributed by atoms with Crippen LogP contribution >= 0.6 is 55.8 Å². The molecule has 1 aromatic carbocycles. The number of hydrogen-bond donors (Lipinski definition) is 0. The van der Waals surface area contributed by atoms with Crippen molar-refractivity contribution < 1.29 is 4.79 Å². The second kappa shape index (κ2) is 6.14. The maximum atomic E-state index is 11.0. The van der Waals surface area contributed by atoms with Crippen molar-refractivity contribution in [3.05, 3.63) is 26.6 Å². The molecular formula is C10H9Br2NOS2. The van der Waals surface area contributed by atoms with Gasteiger partial charge in [-0.3, -0.25) is 4.79 Å². The van der Waals surface area contributed by atoms with Crippen molar-refractivity contribution in [2.24, 2.45) is 0 Å². The first kappa shape index (κ1) is 14.2. The zero-order valence-corrected chi connectivity index (χ0v) is 13.5. The summed E-state index contributed by atoms with van der Waals surface area (Å²) >= 11 is 13.4. The molecule has 0 N–H and O–H groups in total. The Morgan fingerprint density at radius 1 is 1.44 bits per heavy atom. The SMILES string of the molecule is CN(C)C(=S)Sc1c(Br)cc(Br)cc1C=O. The Kier molecular flexibility index (Phi) is 5.43. The van der Waals surface area contributed by atoms with E-state index in [0.29, 0.717) is 9.88 Å². The molecule has 0 amide bonds. The van der Waals surface area contributed by atoms with E-state index in [9.17, 15) is 4.79 Å². The van der Waals surface area contributed by atoms with E-state index in [1.54, 1.807) is 6.07 Å². The highest BCUT2D eigenvalue weighted by Gasteiger charge is 2.12. The fourth-order valence-corrected chi connectivity index (χ4v) is 3.44. The molecule has 16 heavy (non-hydrogen) atoms. The van der Waals surface area contributed by atoms with Gasteiger partial charge in [0.2, 0.25) is 0 Å². The molecule has 6 heteroatoms. The highest BCUT2D eigenvalue weighted by molar-refractivity contribution is 9.11. The molecule has 0 spiro atoms. The molecule has 0 aliphatic carbocycles. The first-order valence-corrected chi connectivity index (χ1v) is 7.10. The van der Waals surface area contributed by atoms with E-state index in [4.69, 9.17) is 12.2 Å². The van der Waals surface area contributed by atoms with Gasteiger partial charge in [0.15, 0.2) is 6.29 Å². The van der Waals surface area contributed by atoms with Gasteiger partial charge in [0.1, 0.15) is 4.32 Å². The van der Waals surface area contributed by atoms with Crippen molar-refractivity contribution in [3.8, 4) is 0 Å². The number of hydrogen-bond acceptors (Lipinski definition) is 3. The highest BCUT2D eigenvalue weighted by Crippen LogP contribution is 2.34. The van der Waals surface area contributed by atoms with E-state index in [0.717, 1.165) is 20.1 Å². The summed E-state index contributed by atoms with van der Waals surface area (Å²) in [5.41, 5.74) is 0.621. The molecule has 0 saturated carbocycles. The third-order valence-electron chi connectivity index (χ3n) is 1.72. The van der Waals surface area contributed by atoms with Crippen LogP contribution in [0.3, 0.4) is 0 Å². The summed E-state index contributed by atoms with van der Waals surface area (Å²) in [7, 11) is 3.76. The molecule has 0 fully saturated rings. The quantitative estimate of drug-likeness (QED) is 0.438. The van der Waals surface area contributed by atoms with Crippen molar-refractivity contribution in [2.75, 3.05) is 14.1 Å². The molecule has 0 atom stereocenters. The lowest BCUT2D eigenvalue weighted by molar-refractivity contribution is 0.112. The topological polar surface area (TPSA) is 20.3 Å². The molecule has 0 aliphatic heterocycles. The van der Waals surface area contributed by atoms with Gasteiger partial charge in [-0.2, -0.15) is 0 Å². The van der Waals surface area contributed by atoms with Crippen molar-refractivity contribution in [1.29, 1.82) is 0 Å². The predicted octanol–water partition coefficient (Wildman–Crippen LogP) is 3.96. The number of thiocarbonyl (C=S) groups is 1. The fraction of sp³-hybridized carbons (Fsp3) is 0.200. The van der Waals surface area contributed by atoms with Crippen molar-refractivity contribution >= 4 is 66.4 Å². The van der Waals surface area contributed by atoms with Crippen LogP contribution in [0.25, 0.3) is 0 Å². The minimum Gasteiger partial charge on any atom is -0.363 e. The lowest BCUT2D eigenvalue weighted by atomic mass is 10.2. The Labute approximate surface area is 121 Å². The summed E-state index contributed by atoms with van der Waals surface area (Å²) in [6.45, 7) is 0. The van der Waals surface area contributed by atoms with E-state index in [-0.39, 0.29) is 0 Å². The number of halogens is 2. The van der Waals surface area contributed by atoms with E-state index < -0.39 is 0 Å². The van der Waals surface area contributed by atoms with Crippen LogP contribution < -0.4 is 0 Å². The normalized spacial score (nSPS) is 10.0. The van der Waals surface area contributed by atoms with Gasteiger partial charge in [-0.05, 0) is 28.1 Å². The van der Waals surface area contributed by atoms with Crippen molar-refractivity contribution in [3.63, 3.8) is 0 Å². The van der Waals surface area contributed by atoms with E-state index in [2.05, 4.69) is 31.9 Å². The summed E-state index contributed by atoms with van der Waals surface area (Å²) < 4.78 is 2.44. The van der Waals surface area contributed by atoms with E-state index in [1.807, 2.05) is 25.1 Å². The number of carbonyl (C=O) groups excluding carboxylic acids is 1. The van der Waals surface area contributed by atoms with Gasteiger partial charge in [0.25, 0.3) is 0 Å². The fourth-order valence-electron chi connectivity index (χ4n) is 0.954. The first-order valence-electron chi connectivity index (χ1n) is 4.29. The molecule has 0 radical (unpaired) electrons. The van der Waals surface area contributed by atoms with Gasteiger partial charge in [0, 0.05) is 33.5 Å². The second-order valence-corrected chi connectivity index (χ2v) is 6.60. The number of rotatable bonds is 2. The summed E-state index contributed by atoms with van der Waals surface area (Å²) in [5, 5.41) is 0. The van der Waals surface area contributed by atoms with Crippen LogP contribution in [0.5, 0.6) is 0 Å². The molecule has 86 valence electrons. The van der Waals surface area contributed by atoms with Crippen LogP contribution in [0.2, 0.25) is 0 Å². The van der Waals surface area contributed by atoms with Crippen LogP contribution in [0.4, 0.5) is 0 Å². The largest absolute Gasteiger partial charge is 0.363 e. The summed E-state index contributed by atoms with van der Waals surface area (Å²) in [6, 6.07) is 3.67. The van der Waals surface area contributed by atoms with Crippen molar-refractivity contribution in [1.82, 2.24) is 4.90 Å². The Hall–Kier alpha value is 0.0900. The number of benzene rings is 1. The van der Waals surface area contributed by atoms with E-state index >= 15 is 0 Å². The maximum absolute atomic E-state index is 11.0. The Morgan fingerprint density at radius 2 is 2.06 bits per heavy atom. The van der Waals surface area contributed by atoms with Crippen LogP contribution in [-0.4, -0.2) is 29.6 Å². The summed E-state index contributed by atoms with van der Waals surface area (Å²) in [6.07, 6.45) is 0.829. The van der Waals surface area contributed by atoms with Gasteiger partial charge in [0.05, 0.1) is 0 Å². The van der Waals surface area contributed by atoms with Crippen molar-refractivity contribution in [2.45, 2.75) is 4.90 Å². The van der Waals surface area contributed by atoms with Crippen LogP contribution in [0.1, 0.15) is 10.4 Å². The van der Waals surface area contributed by atoms with Gasteiger partial charge in [-0.15, -0.1) is 0 Å². The molecule has 0 saturated heterocycles. The van der Waals surface area contributed by atoms with Crippen LogP contribution in [-0.2, 0) is 0 Å². The molecule has 0 heterocycles. The Morgan fingerprint density at radius 3 is 2.56 bits per heavy atom. The van der Waals surface area contributed by atoms with Crippen LogP contribution in [0, 0.1) is 0 Å². The first-order chi connectivity index (χ1) is 7.45. The number of aldehydes is 1. The molecule has 1 aromatic rings. The Balaban J connectivity index is 3.12. The highest BCUT2D eigenvalue weighted by atomic mass is 79.9. The lowest BCUT2D eigenvalue weighted by Gasteiger charge is -2.14. The lowest BCUT2D eigenvalue weighted by Crippen LogP contribution is -2.16. The summed E-state index contributed by atoms with van der Waals surface area (Å²) in [4.78, 5) is 13.7. The molecule has 0 aromatic heterocycles. The average Bonchev–Trinajstić information content (AvgIpc) is 2.21. The van der Waals surface area contributed by atoms with Gasteiger partial charge in [-0.25, -0.2) is 0 Å². The summed E-state index contributed by atoms with van der Waals surface area (Å²) in [5.74, 6) is 0. The standard InChI is InChI=1S/C10H9Br2NOS2/c1-13(2)10(15)16-9-6(5-14)3-7(11)4-8(9)12/h3-5H,1-2H3. The third-order valence-corrected chi connectivity index (χ3v) is 4.88. The monoisotopic (exact) mass is 381 g/mol. The predicted molar refractivity (Wildman–Crippen MR) is 79.4 cm³/mol. The molecular weight excluding hydrogens is 374 g/mol. The third kappa shape index (κ3) is 3.55. The second-order valence-electron chi connectivity index (χ2n) is 3.19. The number of carbonyl (C=O) groups is 1. The van der Waals surface area contributed by atoms with Gasteiger partial charge < -0.3 is 4.90 Å². The zero-order chi connectivity index (χ0) is 12.3. The number of thioether (sulfide) groups is 1. The molecule has 0 bridgehead atoms. The molecule has 0 unspecified atom stereocenters. The minimum atomic E-state index is 0.621.